The summed E-state index contributed by atoms with van der Waals surface area (Å²) >= 11 is 0. The largest absolute Gasteiger partial charge is 0.374 e. The lowest BCUT2D eigenvalue weighted by Crippen LogP contribution is -2.50. The maximum absolute atomic E-state index is 13.7. The van der Waals surface area contributed by atoms with Crippen molar-refractivity contribution in [3.05, 3.63) is 35.4 Å². The molecular formula is C15H23F2NO. The van der Waals surface area contributed by atoms with Crippen molar-refractivity contribution < 1.29 is 13.5 Å². The van der Waals surface area contributed by atoms with Crippen molar-refractivity contribution in [1.82, 2.24) is 5.32 Å². The fraction of sp³-hybridized carbons (Fsp3) is 0.600. The van der Waals surface area contributed by atoms with Gasteiger partial charge in [-0.3, -0.25) is 0 Å². The van der Waals surface area contributed by atoms with Crippen molar-refractivity contribution in [2.45, 2.75) is 45.8 Å². The van der Waals surface area contributed by atoms with Crippen LogP contribution in [0.2, 0.25) is 0 Å². The number of ether oxygens (including phenoxy) is 1. The molecule has 0 aliphatic heterocycles. The molecule has 1 N–H and O–H groups in total. The van der Waals surface area contributed by atoms with Crippen LogP contribution in [-0.4, -0.2) is 24.8 Å². The highest BCUT2D eigenvalue weighted by atomic mass is 19.1. The van der Waals surface area contributed by atoms with E-state index in [0.717, 1.165) is 12.6 Å². The normalized spacial score (nSPS) is 13.6. The molecule has 0 heterocycles. The summed E-state index contributed by atoms with van der Waals surface area (Å²) in [5.41, 5.74) is -0.0671. The zero-order chi connectivity index (χ0) is 14.5. The summed E-state index contributed by atoms with van der Waals surface area (Å²) < 4.78 is 32.6. The van der Waals surface area contributed by atoms with Gasteiger partial charge < -0.3 is 10.1 Å². The summed E-state index contributed by atoms with van der Waals surface area (Å²) in [7, 11) is 0. The molecule has 1 unspecified atom stereocenters. The molecule has 0 saturated heterocycles. The predicted molar refractivity (Wildman–Crippen MR) is 73.2 cm³/mol. The van der Waals surface area contributed by atoms with Gasteiger partial charge in [0.2, 0.25) is 0 Å². The third-order valence-electron chi connectivity index (χ3n) is 3.24. The molecule has 0 amide bonds. The van der Waals surface area contributed by atoms with E-state index in [-0.39, 0.29) is 11.9 Å². The standard InChI is InChI=1S/C15H23F2NO/c1-5-18-14(15(3,4)19-6-2)10-11-9-12(16)7-8-13(11)17/h7-9,14,18H,5-6,10H2,1-4H3. The summed E-state index contributed by atoms with van der Waals surface area (Å²) in [6, 6.07) is 3.48. The molecule has 19 heavy (non-hydrogen) atoms. The Morgan fingerprint density at radius 3 is 2.53 bits per heavy atom. The quantitative estimate of drug-likeness (QED) is 0.821. The molecule has 4 heteroatoms. The van der Waals surface area contributed by atoms with Crippen molar-refractivity contribution in [2.75, 3.05) is 13.2 Å². The first-order chi connectivity index (χ1) is 8.90. The van der Waals surface area contributed by atoms with Crippen LogP contribution >= 0.6 is 0 Å². The summed E-state index contributed by atoms with van der Waals surface area (Å²) in [5, 5.41) is 3.29. The Morgan fingerprint density at radius 2 is 1.95 bits per heavy atom. The summed E-state index contributed by atoms with van der Waals surface area (Å²) in [4.78, 5) is 0. The van der Waals surface area contributed by atoms with Crippen LogP contribution in [-0.2, 0) is 11.2 Å². The third-order valence-corrected chi connectivity index (χ3v) is 3.24. The van der Waals surface area contributed by atoms with E-state index in [1.165, 1.54) is 12.1 Å². The maximum atomic E-state index is 13.7. The Bertz CT molecular complexity index is 407. The van der Waals surface area contributed by atoms with Gasteiger partial charge in [-0.25, -0.2) is 8.78 Å². The molecule has 0 radical (unpaired) electrons. The molecular weight excluding hydrogens is 248 g/mol. The van der Waals surface area contributed by atoms with E-state index in [4.69, 9.17) is 4.74 Å². The molecule has 0 aromatic heterocycles. The summed E-state index contributed by atoms with van der Waals surface area (Å²) in [6.45, 7) is 9.16. The third kappa shape index (κ3) is 4.55. The fourth-order valence-electron chi connectivity index (χ4n) is 2.20. The maximum Gasteiger partial charge on any atom is 0.126 e. The molecule has 1 atom stereocenters. The monoisotopic (exact) mass is 271 g/mol. The molecule has 0 spiro atoms. The lowest BCUT2D eigenvalue weighted by molar-refractivity contribution is -0.0378. The van der Waals surface area contributed by atoms with Gasteiger partial charge in [0.15, 0.2) is 0 Å². The molecule has 0 bridgehead atoms. The Morgan fingerprint density at radius 1 is 1.26 bits per heavy atom. The minimum Gasteiger partial charge on any atom is -0.374 e. The lowest BCUT2D eigenvalue weighted by Gasteiger charge is -2.35. The second-order valence-electron chi connectivity index (χ2n) is 5.09. The van der Waals surface area contributed by atoms with Crippen molar-refractivity contribution in [2.24, 2.45) is 0 Å². The van der Waals surface area contributed by atoms with Gasteiger partial charge in [0, 0.05) is 12.6 Å². The molecule has 1 rings (SSSR count). The number of rotatable bonds is 7. The molecule has 1 aromatic carbocycles. The van der Waals surface area contributed by atoms with E-state index in [1.807, 2.05) is 27.7 Å². The van der Waals surface area contributed by atoms with E-state index >= 15 is 0 Å². The minimum atomic E-state index is -0.441. The van der Waals surface area contributed by atoms with Crippen molar-refractivity contribution in [3.8, 4) is 0 Å². The highest BCUT2D eigenvalue weighted by Crippen LogP contribution is 2.21. The number of halogens is 2. The van der Waals surface area contributed by atoms with Crippen LogP contribution in [0, 0.1) is 11.6 Å². The first kappa shape index (κ1) is 16.1. The number of likely N-dealkylation sites (N-methyl/N-ethyl adjacent to an activating group) is 1. The van der Waals surface area contributed by atoms with E-state index in [0.29, 0.717) is 18.6 Å². The Hall–Kier alpha value is -1.00. The van der Waals surface area contributed by atoms with Gasteiger partial charge in [-0.15, -0.1) is 0 Å². The van der Waals surface area contributed by atoms with E-state index in [9.17, 15) is 8.78 Å². The second kappa shape index (κ2) is 6.96. The number of benzene rings is 1. The zero-order valence-electron chi connectivity index (χ0n) is 12.1. The van der Waals surface area contributed by atoms with E-state index < -0.39 is 11.4 Å². The van der Waals surface area contributed by atoms with Crippen LogP contribution in [0.15, 0.2) is 18.2 Å². The molecule has 0 fully saturated rings. The number of nitrogens with one attached hydrogen (secondary N) is 1. The first-order valence-corrected chi connectivity index (χ1v) is 6.72. The van der Waals surface area contributed by atoms with Crippen LogP contribution in [0.3, 0.4) is 0 Å². The highest BCUT2D eigenvalue weighted by Gasteiger charge is 2.30. The summed E-state index contributed by atoms with van der Waals surface area (Å²) in [5.74, 6) is -0.794. The molecule has 2 nitrogen and oxygen atoms in total. The summed E-state index contributed by atoms with van der Waals surface area (Å²) in [6.07, 6.45) is 0.393. The SMILES string of the molecule is CCNC(Cc1cc(F)ccc1F)C(C)(C)OCC. The van der Waals surface area contributed by atoms with E-state index in [2.05, 4.69) is 5.32 Å². The predicted octanol–water partition coefficient (Wildman–Crippen LogP) is 3.30. The van der Waals surface area contributed by atoms with Gasteiger partial charge in [0.25, 0.3) is 0 Å². The van der Waals surface area contributed by atoms with Crippen molar-refractivity contribution >= 4 is 0 Å². The highest BCUT2D eigenvalue weighted by molar-refractivity contribution is 5.20. The van der Waals surface area contributed by atoms with Gasteiger partial charge in [-0.1, -0.05) is 6.92 Å². The molecule has 0 aliphatic carbocycles. The van der Waals surface area contributed by atoms with Crippen LogP contribution in [0.1, 0.15) is 33.3 Å². The van der Waals surface area contributed by atoms with Crippen LogP contribution < -0.4 is 5.32 Å². The van der Waals surface area contributed by atoms with E-state index in [1.54, 1.807) is 0 Å². The first-order valence-electron chi connectivity index (χ1n) is 6.72. The van der Waals surface area contributed by atoms with Crippen molar-refractivity contribution in [3.63, 3.8) is 0 Å². The number of hydrogen-bond donors (Lipinski definition) is 1. The average Bonchev–Trinajstić information content (AvgIpc) is 2.33. The molecule has 1 aromatic rings. The molecule has 108 valence electrons. The van der Waals surface area contributed by atoms with Gasteiger partial charge in [0.05, 0.1) is 5.60 Å². The molecule has 0 aliphatic rings. The van der Waals surface area contributed by atoms with Crippen molar-refractivity contribution in [1.29, 1.82) is 0 Å². The van der Waals surface area contributed by atoms with Gasteiger partial charge in [0.1, 0.15) is 11.6 Å². The zero-order valence-corrected chi connectivity index (χ0v) is 12.1. The lowest BCUT2D eigenvalue weighted by atomic mass is 9.91. The van der Waals surface area contributed by atoms with Crippen LogP contribution in [0.5, 0.6) is 0 Å². The Balaban J connectivity index is 2.92. The van der Waals surface area contributed by atoms with Gasteiger partial charge in [-0.2, -0.15) is 0 Å². The Kier molecular flexibility index (Phi) is 5.88. The van der Waals surface area contributed by atoms with Gasteiger partial charge in [-0.05, 0) is 57.5 Å². The smallest absolute Gasteiger partial charge is 0.126 e. The second-order valence-corrected chi connectivity index (χ2v) is 5.09. The molecule has 0 saturated carbocycles. The van der Waals surface area contributed by atoms with Gasteiger partial charge >= 0.3 is 0 Å². The Labute approximate surface area is 114 Å². The fourth-order valence-corrected chi connectivity index (χ4v) is 2.20. The van der Waals surface area contributed by atoms with Crippen LogP contribution in [0.25, 0.3) is 0 Å². The average molecular weight is 271 g/mol. The minimum absolute atomic E-state index is 0.0752. The topological polar surface area (TPSA) is 21.3 Å². The number of hydrogen-bond acceptors (Lipinski definition) is 2. The van der Waals surface area contributed by atoms with Crippen LogP contribution in [0.4, 0.5) is 8.78 Å².